The normalized spacial score (nSPS) is 12.9. The van der Waals surface area contributed by atoms with Gasteiger partial charge in [-0.3, -0.25) is 0 Å². The number of ether oxygens (including phenoxy) is 1. The molecule has 0 aliphatic heterocycles. The molecule has 0 amide bonds. The molecule has 1 unspecified atom stereocenters. The van der Waals surface area contributed by atoms with Crippen LogP contribution >= 0.6 is 0 Å². The van der Waals surface area contributed by atoms with Crippen LogP contribution in [0, 0.1) is 0 Å². The van der Waals surface area contributed by atoms with E-state index in [4.69, 9.17) is 8.53 Å². The van der Waals surface area contributed by atoms with E-state index >= 15 is 0 Å². The molecule has 78 valence electrons. The lowest BCUT2D eigenvalue weighted by atomic mass is 10.5. The quantitative estimate of drug-likeness (QED) is 0.444. The molecule has 0 saturated heterocycles. The minimum atomic E-state index is -0.935. The maximum absolute atomic E-state index is 5.92. The second kappa shape index (κ2) is 9.03. The zero-order chi connectivity index (χ0) is 10.1. The first kappa shape index (κ1) is 13.5. The van der Waals surface area contributed by atoms with Crippen LogP contribution in [0.25, 0.3) is 0 Å². The lowest BCUT2D eigenvalue weighted by Gasteiger charge is -2.20. The second-order valence-corrected chi connectivity index (χ2v) is 6.43. The molecular formula is C10H23AlO2. The van der Waals surface area contributed by atoms with E-state index in [1.165, 1.54) is 10.6 Å². The molecule has 0 aliphatic carbocycles. The molecule has 13 heavy (non-hydrogen) atoms. The fraction of sp³-hybridized carbons (Fsp3) is 1.00. The van der Waals surface area contributed by atoms with Gasteiger partial charge in [-0.05, 0) is 12.8 Å². The van der Waals surface area contributed by atoms with E-state index in [0.29, 0.717) is 0 Å². The third-order valence-corrected chi connectivity index (χ3v) is 4.61. The maximum Gasteiger partial charge on any atom is 0.462 e. The lowest BCUT2D eigenvalue weighted by molar-refractivity contribution is -0.0842. The van der Waals surface area contributed by atoms with Gasteiger partial charge in [0.15, 0.2) is 0 Å². The fourth-order valence-electron chi connectivity index (χ4n) is 1.20. The molecule has 0 spiro atoms. The molecule has 0 N–H and O–H groups in total. The Morgan fingerprint density at radius 3 is 2.08 bits per heavy atom. The average Bonchev–Trinajstić information content (AvgIpc) is 2.19. The monoisotopic (exact) mass is 202 g/mol. The predicted molar refractivity (Wildman–Crippen MR) is 58.1 cm³/mol. The zero-order valence-electron chi connectivity index (χ0n) is 9.51. The summed E-state index contributed by atoms with van der Waals surface area (Å²) in [5, 5.41) is 2.42. The van der Waals surface area contributed by atoms with E-state index in [2.05, 4.69) is 27.7 Å². The molecule has 1 atom stereocenters. The highest BCUT2D eigenvalue weighted by atomic mass is 27.2. The Morgan fingerprint density at radius 2 is 1.69 bits per heavy atom. The standard InChI is InChI=1S/C6H13O2.2C2H5.Al/c1-3-5-8-6(7)4-2;2*1-2;/h6H,3-5H2,1-2H3;2*1H2,2H3;/q-1;;;+1. The van der Waals surface area contributed by atoms with Gasteiger partial charge in [-0.2, -0.15) is 0 Å². The van der Waals surface area contributed by atoms with Crippen molar-refractivity contribution >= 4 is 14.5 Å². The van der Waals surface area contributed by atoms with Gasteiger partial charge < -0.3 is 8.53 Å². The molecule has 0 saturated carbocycles. The summed E-state index contributed by atoms with van der Waals surface area (Å²) in [5.41, 5.74) is 0. The van der Waals surface area contributed by atoms with Crippen LogP contribution in [-0.4, -0.2) is 27.4 Å². The minimum Gasteiger partial charge on any atom is -0.478 e. The summed E-state index contributed by atoms with van der Waals surface area (Å²) in [6, 6.07) is 0. The Bertz CT molecular complexity index is 105. The zero-order valence-corrected chi connectivity index (χ0v) is 10.7. The van der Waals surface area contributed by atoms with Crippen LogP contribution in [0.15, 0.2) is 0 Å². The van der Waals surface area contributed by atoms with Crippen LogP contribution in [0.1, 0.15) is 40.5 Å². The molecule has 2 nitrogen and oxygen atoms in total. The summed E-state index contributed by atoms with van der Waals surface area (Å²) in [6.07, 6.45) is 2.12. The van der Waals surface area contributed by atoms with Crippen molar-refractivity contribution in [1.82, 2.24) is 0 Å². The average molecular weight is 202 g/mol. The molecule has 0 radical (unpaired) electrons. The largest absolute Gasteiger partial charge is 0.478 e. The molecule has 0 heterocycles. The van der Waals surface area contributed by atoms with Crippen molar-refractivity contribution in [3.05, 3.63) is 0 Å². The molecule has 3 heteroatoms. The molecule has 0 aromatic carbocycles. The van der Waals surface area contributed by atoms with Crippen molar-refractivity contribution < 1.29 is 8.53 Å². The topological polar surface area (TPSA) is 18.5 Å². The van der Waals surface area contributed by atoms with Crippen molar-refractivity contribution in [2.75, 3.05) is 6.61 Å². The molecule has 0 bridgehead atoms. The highest BCUT2D eigenvalue weighted by Crippen LogP contribution is 2.08. The SMILES string of the molecule is CCCOC(CC)[O][Al]([CH2]C)[CH2]C. The molecule has 0 aromatic heterocycles. The van der Waals surface area contributed by atoms with Gasteiger partial charge in [0.25, 0.3) is 0 Å². The van der Waals surface area contributed by atoms with Crippen molar-refractivity contribution in [1.29, 1.82) is 0 Å². The van der Waals surface area contributed by atoms with Crippen molar-refractivity contribution in [3.8, 4) is 0 Å². The summed E-state index contributed by atoms with van der Waals surface area (Å²) in [4.78, 5) is 0. The molecule has 0 fully saturated rings. The lowest BCUT2D eigenvalue weighted by Crippen LogP contribution is -2.26. The van der Waals surface area contributed by atoms with E-state index in [0.717, 1.165) is 19.4 Å². The molecule has 0 aliphatic rings. The fourth-order valence-corrected chi connectivity index (χ4v) is 2.86. The Kier molecular flexibility index (Phi) is 9.34. The van der Waals surface area contributed by atoms with Gasteiger partial charge in [-0.25, -0.2) is 0 Å². The molecule has 0 aromatic rings. The first-order chi connectivity index (χ1) is 6.28. The van der Waals surface area contributed by atoms with Crippen LogP contribution in [0.4, 0.5) is 0 Å². The highest BCUT2D eigenvalue weighted by Gasteiger charge is 2.19. The number of hydrogen-bond donors (Lipinski definition) is 0. The second-order valence-electron chi connectivity index (χ2n) is 3.28. The Balaban J connectivity index is 3.67. The Hall–Kier alpha value is 0.452. The minimum absolute atomic E-state index is 0.0662. The van der Waals surface area contributed by atoms with E-state index in [9.17, 15) is 0 Å². The van der Waals surface area contributed by atoms with Gasteiger partial charge in [-0.15, -0.1) is 0 Å². The van der Waals surface area contributed by atoms with Gasteiger partial charge in [-0.1, -0.05) is 38.3 Å². The Morgan fingerprint density at radius 1 is 1.08 bits per heavy atom. The van der Waals surface area contributed by atoms with Gasteiger partial charge in [0, 0.05) is 6.61 Å². The van der Waals surface area contributed by atoms with E-state index in [1.807, 2.05) is 0 Å². The van der Waals surface area contributed by atoms with Crippen molar-refractivity contribution in [3.63, 3.8) is 0 Å². The summed E-state index contributed by atoms with van der Waals surface area (Å²) >= 11 is -0.935. The van der Waals surface area contributed by atoms with Gasteiger partial charge in [0.2, 0.25) is 0 Å². The smallest absolute Gasteiger partial charge is 0.462 e. The predicted octanol–water partition coefficient (Wildman–Crippen LogP) is 3.20. The van der Waals surface area contributed by atoms with Crippen molar-refractivity contribution in [2.24, 2.45) is 0 Å². The summed E-state index contributed by atoms with van der Waals surface area (Å²) in [6.45, 7) is 9.51. The van der Waals surface area contributed by atoms with E-state index in [-0.39, 0.29) is 6.29 Å². The van der Waals surface area contributed by atoms with Gasteiger partial charge in [0.1, 0.15) is 6.29 Å². The van der Waals surface area contributed by atoms with Crippen molar-refractivity contribution in [2.45, 2.75) is 57.4 Å². The number of hydrogen-bond acceptors (Lipinski definition) is 2. The van der Waals surface area contributed by atoms with Crippen LogP contribution < -0.4 is 0 Å². The van der Waals surface area contributed by atoms with Crippen LogP contribution in [-0.2, 0) is 8.53 Å². The third kappa shape index (κ3) is 6.51. The third-order valence-electron chi connectivity index (χ3n) is 2.10. The summed E-state index contributed by atoms with van der Waals surface area (Å²) < 4.78 is 11.5. The first-order valence-electron chi connectivity index (χ1n) is 5.55. The molecular weight excluding hydrogens is 179 g/mol. The van der Waals surface area contributed by atoms with Gasteiger partial charge >= 0.3 is 14.5 Å². The van der Waals surface area contributed by atoms with E-state index in [1.54, 1.807) is 0 Å². The van der Waals surface area contributed by atoms with Crippen LogP contribution in [0.3, 0.4) is 0 Å². The van der Waals surface area contributed by atoms with Gasteiger partial charge in [0.05, 0.1) is 0 Å². The molecule has 0 rings (SSSR count). The first-order valence-corrected chi connectivity index (χ1v) is 7.65. The summed E-state index contributed by atoms with van der Waals surface area (Å²) in [7, 11) is 0. The van der Waals surface area contributed by atoms with Crippen LogP contribution in [0.5, 0.6) is 0 Å². The highest BCUT2D eigenvalue weighted by molar-refractivity contribution is 6.51. The number of rotatable bonds is 8. The van der Waals surface area contributed by atoms with E-state index < -0.39 is 14.5 Å². The van der Waals surface area contributed by atoms with Crippen LogP contribution in [0.2, 0.25) is 10.6 Å². The summed E-state index contributed by atoms with van der Waals surface area (Å²) in [5.74, 6) is 0. The Labute approximate surface area is 87.3 Å². The maximum atomic E-state index is 5.92.